The maximum Gasteiger partial charge on any atom is 0.0656 e. The van der Waals surface area contributed by atoms with E-state index in [0.717, 1.165) is 15.0 Å². The van der Waals surface area contributed by atoms with E-state index in [1.54, 1.807) is 0 Å². The lowest BCUT2D eigenvalue weighted by Crippen LogP contribution is -2.51. The highest BCUT2D eigenvalue weighted by Gasteiger charge is 2.27. The maximum absolute atomic E-state index is 6.29. The molecule has 1 unspecified atom stereocenters. The molecule has 15 heavy (non-hydrogen) atoms. The lowest BCUT2D eigenvalue weighted by atomic mass is 9.85. The zero-order valence-corrected chi connectivity index (χ0v) is 10.6. The number of benzene rings is 1. The largest absolute Gasteiger partial charge is 0.320 e. The molecule has 0 saturated carbocycles. The van der Waals surface area contributed by atoms with Crippen LogP contribution in [0.3, 0.4) is 0 Å². The van der Waals surface area contributed by atoms with Crippen molar-refractivity contribution in [1.82, 2.24) is 0 Å². The molecule has 1 heterocycles. The molecule has 2 N–H and O–H groups in total. The van der Waals surface area contributed by atoms with Crippen molar-refractivity contribution in [2.24, 2.45) is 16.6 Å². The quantitative estimate of drug-likeness (QED) is 0.816. The van der Waals surface area contributed by atoms with Crippen molar-refractivity contribution >= 4 is 22.0 Å². The predicted molar refractivity (Wildman–Crippen MR) is 66.0 cm³/mol. The number of halogens is 1. The summed E-state index contributed by atoms with van der Waals surface area (Å²) in [6.45, 7) is 4.94. The van der Waals surface area contributed by atoms with Gasteiger partial charge in [-0.3, -0.25) is 4.99 Å². The summed E-state index contributed by atoms with van der Waals surface area (Å²) in [5.74, 6) is 0.401. The van der Waals surface area contributed by atoms with Gasteiger partial charge in [0.15, 0.2) is 0 Å². The van der Waals surface area contributed by atoms with Gasteiger partial charge in [0.05, 0.1) is 17.4 Å². The van der Waals surface area contributed by atoms with Gasteiger partial charge in [0.1, 0.15) is 0 Å². The Morgan fingerprint density at radius 3 is 2.87 bits per heavy atom. The van der Waals surface area contributed by atoms with E-state index in [1.165, 1.54) is 0 Å². The first-order valence-corrected chi connectivity index (χ1v) is 5.92. The van der Waals surface area contributed by atoms with Crippen molar-refractivity contribution in [3.63, 3.8) is 0 Å². The molecule has 80 valence electrons. The molecule has 1 aliphatic rings. The Hall–Kier alpha value is -0.670. The monoisotopic (exact) mass is 266 g/mol. The Morgan fingerprint density at radius 1 is 1.47 bits per heavy atom. The minimum atomic E-state index is -0.291. The zero-order chi connectivity index (χ0) is 11.1. The summed E-state index contributed by atoms with van der Waals surface area (Å²) in [6, 6.07) is 6.12. The van der Waals surface area contributed by atoms with E-state index in [1.807, 2.05) is 12.1 Å². The fourth-order valence-corrected chi connectivity index (χ4v) is 2.03. The Morgan fingerprint density at radius 2 is 2.20 bits per heavy atom. The van der Waals surface area contributed by atoms with E-state index in [2.05, 4.69) is 46.9 Å². The minimum Gasteiger partial charge on any atom is -0.320 e. The summed E-state index contributed by atoms with van der Waals surface area (Å²) in [5, 5.41) is 2.17. The first-order valence-electron chi connectivity index (χ1n) is 5.13. The van der Waals surface area contributed by atoms with Crippen LogP contribution in [0.4, 0.5) is 0 Å². The Labute approximate surface area is 98.0 Å². The molecular weight excluding hydrogens is 252 g/mol. The van der Waals surface area contributed by atoms with Gasteiger partial charge in [0.2, 0.25) is 0 Å². The van der Waals surface area contributed by atoms with E-state index in [-0.39, 0.29) is 5.54 Å². The van der Waals surface area contributed by atoms with Crippen LogP contribution in [-0.4, -0.2) is 12.1 Å². The van der Waals surface area contributed by atoms with Crippen LogP contribution in [0.1, 0.15) is 13.8 Å². The third-order valence-corrected chi connectivity index (χ3v) is 3.51. The van der Waals surface area contributed by atoms with Crippen molar-refractivity contribution in [3.8, 4) is 0 Å². The molecule has 0 aliphatic carbocycles. The molecule has 0 bridgehead atoms. The maximum atomic E-state index is 6.29. The van der Waals surface area contributed by atoms with E-state index >= 15 is 0 Å². The normalized spacial score (nSPS) is 24.3. The minimum absolute atomic E-state index is 0.291. The number of rotatable bonds is 1. The fraction of sp³-hybridized carbons (Fsp3) is 0.417. The number of nitrogens with zero attached hydrogens (tertiary/aromatic N) is 1. The molecule has 1 aromatic carbocycles. The van der Waals surface area contributed by atoms with Crippen LogP contribution in [0.5, 0.6) is 0 Å². The highest BCUT2D eigenvalue weighted by atomic mass is 79.9. The van der Waals surface area contributed by atoms with Gasteiger partial charge in [-0.05, 0) is 23.3 Å². The highest BCUT2D eigenvalue weighted by Crippen LogP contribution is 2.17. The standard InChI is InChI=1S/C12H15BrN2/c1-8(2)12(14)6-9-3-4-10(13)5-11(9)15-7-12/h3-6,8H,7,14H2,1-2H3. The number of hydrogen-bond acceptors (Lipinski definition) is 2. The molecule has 0 aromatic heterocycles. The molecule has 2 rings (SSSR count). The topological polar surface area (TPSA) is 38.4 Å². The van der Waals surface area contributed by atoms with Gasteiger partial charge in [0, 0.05) is 4.47 Å². The third kappa shape index (κ3) is 1.99. The first kappa shape index (κ1) is 10.8. The fourth-order valence-electron chi connectivity index (χ4n) is 1.68. The van der Waals surface area contributed by atoms with Crippen molar-refractivity contribution in [1.29, 1.82) is 0 Å². The summed E-state index contributed by atoms with van der Waals surface area (Å²) in [4.78, 5) is 4.54. The molecule has 1 atom stereocenters. The van der Waals surface area contributed by atoms with Gasteiger partial charge in [-0.1, -0.05) is 41.9 Å². The second-order valence-corrected chi connectivity index (χ2v) is 5.35. The van der Waals surface area contributed by atoms with E-state index in [4.69, 9.17) is 5.73 Å². The summed E-state index contributed by atoms with van der Waals surface area (Å²) >= 11 is 3.44. The molecule has 1 aromatic rings. The van der Waals surface area contributed by atoms with E-state index in [9.17, 15) is 0 Å². The summed E-state index contributed by atoms with van der Waals surface area (Å²) in [6.07, 6.45) is 2.15. The Kier molecular flexibility index (Phi) is 2.69. The number of nitrogens with two attached hydrogens (primary N) is 1. The Balaban J connectivity index is 2.59. The van der Waals surface area contributed by atoms with Crippen LogP contribution in [-0.2, 0) is 0 Å². The predicted octanol–water partition coefficient (Wildman–Crippen LogP) is 1.22. The summed E-state index contributed by atoms with van der Waals surface area (Å²) in [5.41, 5.74) is 6.00. The SMILES string of the molecule is CC(C)C1(N)C=c2ccc(Br)cc2=NC1. The smallest absolute Gasteiger partial charge is 0.0656 e. The second kappa shape index (κ2) is 3.72. The average Bonchev–Trinajstić information content (AvgIpc) is 2.18. The van der Waals surface area contributed by atoms with Crippen LogP contribution in [0.25, 0.3) is 6.08 Å². The van der Waals surface area contributed by atoms with Crippen LogP contribution in [0.15, 0.2) is 27.7 Å². The third-order valence-electron chi connectivity index (χ3n) is 3.01. The second-order valence-electron chi connectivity index (χ2n) is 4.43. The van der Waals surface area contributed by atoms with Gasteiger partial charge < -0.3 is 5.73 Å². The number of fused-ring (bicyclic) bond motifs is 1. The summed E-state index contributed by atoms with van der Waals surface area (Å²) in [7, 11) is 0. The van der Waals surface area contributed by atoms with Gasteiger partial charge in [0.25, 0.3) is 0 Å². The molecule has 0 amide bonds. The van der Waals surface area contributed by atoms with E-state index < -0.39 is 0 Å². The number of hydrogen-bond donors (Lipinski definition) is 1. The van der Waals surface area contributed by atoms with Gasteiger partial charge in [-0.15, -0.1) is 0 Å². The molecule has 0 spiro atoms. The Bertz CT molecular complexity index is 493. The lowest BCUT2D eigenvalue weighted by molar-refractivity contribution is 0.411. The molecular formula is C12H15BrN2. The molecule has 3 heteroatoms. The van der Waals surface area contributed by atoms with Crippen LogP contribution in [0, 0.1) is 5.92 Å². The van der Waals surface area contributed by atoms with Crippen molar-refractivity contribution in [2.75, 3.05) is 6.54 Å². The van der Waals surface area contributed by atoms with Crippen molar-refractivity contribution < 1.29 is 0 Å². The van der Waals surface area contributed by atoms with E-state index in [0.29, 0.717) is 12.5 Å². The van der Waals surface area contributed by atoms with Gasteiger partial charge in [-0.2, -0.15) is 0 Å². The van der Waals surface area contributed by atoms with Crippen LogP contribution in [0.2, 0.25) is 0 Å². The molecule has 1 aliphatic heterocycles. The van der Waals surface area contributed by atoms with Crippen molar-refractivity contribution in [3.05, 3.63) is 33.2 Å². The highest BCUT2D eigenvalue weighted by molar-refractivity contribution is 9.10. The lowest BCUT2D eigenvalue weighted by Gasteiger charge is -2.30. The van der Waals surface area contributed by atoms with Gasteiger partial charge in [-0.25, -0.2) is 0 Å². The van der Waals surface area contributed by atoms with Gasteiger partial charge >= 0.3 is 0 Å². The summed E-state index contributed by atoms with van der Waals surface area (Å²) < 4.78 is 1.06. The molecule has 2 nitrogen and oxygen atoms in total. The average molecular weight is 267 g/mol. The van der Waals surface area contributed by atoms with Crippen LogP contribution >= 0.6 is 15.9 Å². The van der Waals surface area contributed by atoms with Crippen LogP contribution < -0.4 is 16.3 Å². The molecule has 0 fully saturated rings. The molecule has 0 saturated heterocycles. The zero-order valence-electron chi connectivity index (χ0n) is 9.00. The van der Waals surface area contributed by atoms with Crippen molar-refractivity contribution in [2.45, 2.75) is 19.4 Å². The first-order chi connectivity index (χ1) is 7.01. The molecule has 0 radical (unpaired) electrons.